The Bertz CT molecular complexity index is 931. The summed E-state index contributed by atoms with van der Waals surface area (Å²) in [7, 11) is 0. The van der Waals surface area contributed by atoms with Gasteiger partial charge in [-0.25, -0.2) is 9.78 Å². The molecule has 0 spiro atoms. The van der Waals surface area contributed by atoms with E-state index in [9.17, 15) is 9.90 Å². The number of carbonyl (C=O) groups is 1. The Morgan fingerprint density at radius 1 is 1.24 bits per heavy atom. The van der Waals surface area contributed by atoms with Gasteiger partial charge >= 0.3 is 6.03 Å². The highest BCUT2D eigenvalue weighted by Gasteiger charge is 2.12. The van der Waals surface area contributed by atoms with Crippen LogP contribution >= 0.6 is 0 Å². The van der Waals surface area contributed by atoms with Crippen molar-refractivity contribution in [1.29, 1.82) is 0 Å². The molecule has 0 bridgehead atoms. The largest absolute Gasteiger partial charge is 0.506 e. The molecule has 0 aliphatic heterocycles. The van der Waals surface area contributed by atoms with Crippen LogP contribution < -0.4 is 10.6 Å². The maximum atomic E-state index is 11.7. The second-order valence-corrected chi connectivity index (χ2v) is 6.09. The van der Waals surface area contributed by atoms with Gasteiger partial charge in [-0.3, -0.25) is 0 Å². The molecule has 1 aromatic carbocycles. The number of imidazole rings is 1. The number of aromatic hydroxyl groups is 1. The Morgan fingerprint density at radius 2 is 2.04 bits per heavy atom. The van der Waals surface area contributed by atoms with E-state index >= 15 is 0 Å². The summed E-state index contributed by atoms with van der Waals surface area (Å²) in [6, 6.07) is 9.00. The number of urea groups is 1. The van der Waals surface area contributed by atoms with E-state index in [-0.39, 0.29) is 11.8 Å². The molecular weight excluding hydrogens is 316 g/mol. The van der Waals surface area contributed by atoms with Gasteiger partial charge in [-0.2, -0.15) is 0 Å². The van der Waals surface area contributed by atoms with Crippen LogP contribution in [-0.4, -0.2) is 27.1 Å². The predicted molar refractivity (Wildman–Crippen MR) is 98.3 cm³/mol. The zero-order valence-electron chi connectivity index (χ0n) is 14.6. The Balaban J connectivity index is 1.91. The Labute approximate surface area is 146 Å². The van der Waals surface area contributed by atoms with Gasteiger partial charge in [-0.05, 0) is 56.2 Å². The number of phenolic OH excluding ortho intramolecular Hbond substituents is 1. The molecular formula is C19H22N4O2. The molecule has 3 N–H and O–H groups in total. The fourth-order valence-corrected chi connectivity index (χ4v) is 2.84. The number of amides is 2. The second kappa shape index (κ2) is 6.84. The van der Waals surface area contributed by atoms with E-state index in [1.807, 2.05) is 33.0 Å². The topological polar surface area (TPSA) is 78.7 Å². The maximum absolute atomic E-state index is 11.7. The SMILES string of the molecule is CCNC(=O)Nc1cc(Cc2c(C)nc3cc(C)ccn23)ccc1O. The minimum Gasteiger partial charge on any atom is -0.506 e. The summed E-state index contributed by atoms with van der Waals surface area (Å²) >= 11 is 0. The van der Waals surface area contributed by atoms with Crippen molar-refractivity contribution in [2.24, 2.45) is 0 Å². The normalized spacial score (nSPS) is 10.8. The summed E-state index contributed by atoms with van der Waals surface area (Å²) in [6.45, 7) is 6.40. The molecule has 130 valence electrons. The molecule has 6 nitrogen and oxygen atoms in total. The lowest BCUT2D eigenvalue weighted by atomic mass is 10.1. The summed E-state index contributed by atoms with van der Waals surface area (Å²) < 4.78 is 2.08. The molecule has 0 saturated heterocycles. The molecule has 0 radical (unpaired) electrons. The second-order valence-electron chi connectivity index (χ2n) is 6.09. The van der Waals surface area contributed by atoms with Gasteiger partial charge in [0.15, 0.2) is 0 Å². The van der Waals surface area contributed by atoms with Gasteiger partial charge in [0.2, 0.25) is 0 Å². The van der Waals surface area contributed by atoms with Gasteiger partial charge in [-0.15, -0.1) is 0 Å². The zero-order valence-corrected chi connectivity index (χ0v) is 14.6. The van der Waals surface area contributed by atoms with Crippen LogP contribution in [0, 0.1) is 13.8 Å². The molecule has 0 unspecified atom stereocenters. The molecule has 6 heteroatoms. The fourth-order valence-electron chi connectivity index (χ4n) is 2.84. The Kier molecular flexibility index (Phi) is 4.61. The summed E-state index contributed by atoms with van der Waals surface area (Å²) in [5, 5.41) is 15.3. The zero-order chi connectivity index (χ0) is 18.0. The third kappa shape index (κ3) is 3.57. The molecule has 2 aromatic heterocycles. The minimum atomic E-state index is -0.337. The van der Waals surface area contributed by atoms with Crippen molar-refractivity contribution < 1.29 is 9.90 Å². The van der Waals surface area contributed by atoms with E-state index in [0.29, 0.717) is 18.7 Å². The van der Waals surface area contributed by atoms with E-state index in [1.165, 1.54) is 5.56 Å². The minimum absolute atomic E-state index is 0.0421. The number of nitrogens with zero attached hydrogens (tertiary/aromatic N) is 2. The number of aromatic nitrogens is 2. The number of fused-ring (bicyclic) bond motifs is 1. The molecule has 25 heavy (non-hydrogen) atoms. The lowest BCUT2D eigenvalue weighted by Gasteiger charge is -2.10. The number of phenols is 1. The fraction of sp³-hybridized carbons (Fsp3) is 0.263. The molecule has 3 rings (SSSR count). The smallest absolute Gasteiger partial charge is 0.319 e. The third-order valence-corrected chi connectivity index (χ3v) is 4.10. The van der Waals surface area contributed by atoms with Crippen molar-refractivity contribution in [3.8, 4) is 5.75 Å². The summed E-state index contributed by atoms with van der Waals surface area (Å²) in [5.41, 5.74) is 5.52. The van der Waals surface area contributed by atoms with Crippen LogP contribution in [0.25, 0.3) is 5.65 Å². The Morgan fingerprint density at radius 3 is 2.80 bits per heavy atom. The van der Waals surface area contributed by atoms with Crippen LogP contribution in [0.5, 0.6) is 5.75 Å². The van der Waals surface area contributed by atoms with Crippen LogP contribution in [0.2, 0.25) is 0 Å². The number of aryl methyl sites for hydroxylation is 2. The van der Waals surface area contributed by atoms with E-state index in [4.69, 9.17) is 0 Å². The first kappa shape index (κ1) is 16.8. The van der Waals surface area contributed by atoms with Gasteiger partial charge < -0.3 is 20.1 Å². The number of anilines is 1. The van der Waals surface area contributed by atoms with E-state index in [0.717, 1.165) is 22.6 Å². The van der Waals surface area contributed by atoms with Gasteiger partial charge in [-0.1, -0.05) is 6.07 Å². The van der Waals surface area contributed by atoms with Crippen molar-refractivity contribution >= 4 is 17.4 Å². The number of benzene rings is 1. The van der Waals surface area contributed by atoms with Crippen molar-refractivity contribution in [1.82, 2.24) is 14.7 Å². The first-order valence-corrected chi connectivity index (χ1v) is 8.29. The van der Waals surface area contributed by atoms with Gasteiger partial charge in [0.25, 0.3) is 0 Å². The van der Waals surface area contributed by atoms with Crippen LogP contribution in [0.4, 0.5) is 10.5 Å². The molecule has 0 aliphatic rings. The van der Waals surface area contributed by atoms with Crippen molar-refractivity contribution in [2.75, 3.05) is 11.9 Å². The molecule has 3 aromatic rings. The molecule has 2 amide bonds. The van der Waals surface area contributed by atoms with Crippen molar-refractivity contribution in [3.63, 3.8) is 0 Å². The van der Waals surface area contributed by atoms with Crippen LogP contribution in [-0.2, 0) is 6.42 Å². The Hall–Kier alpha value is -3.02. The lowest BCUT2D eigenvalue weighted by molar-refractivity contribution is 0.252. The first-order chi connectivity index (χ1) is 12.0. The predicted octanol–water partition coefficient (Wildman–Crippen LogP) is 3.39. The monoisotopic (exact) mass is 338 g/mol. The van der Waals surface area contributed by atoms with E-state index in [1.54, 1.807) is 12.1 Å². The number of carbonyl (C=O) groups excluding carboxylic acids is 1. The van der Waals surface area contributed by atoms with Crippen LogP contribution in [0.1, 0.15) is 29.4 Å². The average Bonchev–Trinajstić information content (AvgIpc) is 2.85. The standard InChI is InChI=1S/C19H22N4O2/c1-4-20-19(25)22-15-10-14(5-6-17(15)24)11-16-13(3)21-18-9-12(2)7-8-23(16)18/h5-10,24H,4,11H2,1-3H3,(H2,20,22,25). The molecule has 0 aliphatic carbocycles. The van der Waals surface area contributed by atoms with Crippen LogP contribution in [0.15, 0.2) is 36.5 Å². The van der Waals surface area contributed by atoms with Crippen molar-refractivity contribution in [2.45, 2.75) is 27.2 Å². The van der Waals surface area contributed by atoms with Gasteiger partial charge in [0, 0.05) is 24.9 Å². The highest BCUT2D eigenvalue weighted by atomic mass is 16.3. The van der Waals surface area contributed by atoms with Gasteiger partial charge in [0.05, 0.1) is 11.4 Å². The lowest BCUT2D eigenvalue weighted by Crippen LogP contribution is -2.28. The number of pyridine rings is 1. The first-order valence-electron chi connectivity index (χ1n) is 8.29. The maximum Gasteiger partial charge on any atom is 0.319 e. The molecule has 0 fully saturated rings. The average molecular weight is 338 g/mol. The number of hydrogen-bond donors (Lipinski definition) is 3. The summed E-state index contributed by atoms with van der Waals surface area (Å²) in [6.07, 6.45) is 2.68. The highest BCUT2D eigenvalue weighted by Crippen LogP contribution is 2.26. The van der Waals surface area contributed by atoms with E-state index < -0.39 is 0 Å². The van der Waals surface area contributed by atoms with Crippen molar-refractivity contribution in [3.05, 3.63) is 59.0 Å². The number of nitrogens with one attached hydrogen (secondary N) is 2. The molecule has 2 heterocycles. The van der Waals surface area contributed by atoms with Gasteiger partial charge in [0.1, 0.15) is 11.4 Å². The number of hydrogen-bond acceptors (Lipinski definition) is 3. The third-order valence-electron chi connectivity index (χ3n) is 4.10. The highest BCUT2D eigenvalue weighted by molar-refractivity contribution is 5.90. The van der Waals surface area contributed by atoms with E-state index in [2.05, 4.69) is 32.2 Å². The molecule has 0 atom stereocenters. The van der Waals surface area contributed by atoms with Crippen LogP contribution in [0.3, 0.4) is 0 Å². The summed E-state index contributed by atoms with van der Waals surface area (Å²) in [4.78, 5) is 16.3. The number of rotatable bonds is 4. The quantitative estimate of drug-likeness (QED) is 0.638. The molecule has 0 saturated carbocycles. The summed E-state index contributed by atoms with van der Waals surface area (Å²) in [5.74, 6) is 0.0421.